The number of nitrogen functional groups attached to an aromatic ring is 1. The maximum atomic E-state index is 13.7. The Labute approximate surface area is 119 Å². The topological polar surface area (TPSA) is 56.5 Å². The molecule has 1 atom stereocenters. The molecule has 0 aliphatic carbocycles. The van der Waals surface area contributed by atoms with Crippen molar-refractivity contribution in [2.75, 3.05) is 24.2 Å². The normalized spacial score (nSPS) is 19.1. The lowest BCUT2D eigenvalue weighted by Gasteiger charge is -2.24. The highest BCUT2D eigenvalue weighted by Gasteiger charge is 2.15. The van der Waals surface area contributed by atoms with E-state index in [0.29, 0.717) is 17.9 Å². The lowest BCUT2D eigenvalue weighted by atomic mass is 10.1. The van der Waals surface area contributed by atoms with Crippen molar-refractivity contribution in [3.05, 3.63) is 17.9 Å². The van der Waals surface area contributed by atoms with E-state index in [0.717, 1.165) is 19.4 Å². The molecule has 1 fully saturated rings. The Morgan fingerprint density at radius 2 is 2.25 bits per heavy atom. The van der Waals surface area contributed by atoms with Gasteiger partial charge in [0.1, 0.15) is 0 Å². The molecule has 5 heteroatoms. The quantitative estimate of drug-likeness (QED) is 0.814. The number of benzene rings is 1. The fraction of sp³-hybridized carbons (Fsp3) is 0.600. The van der Waals surface area contributed by atoms with Crippen molar-refractivity contribution in [1.29, 1.82) is 0 Å². The molecular formula is C15H23FN2O2. The smallest absolute Gasteiger partial charge is 0.167 e. The molecule has 20 heavy (non-hydrogen) atoms. The number of halogens is 1. The molecule has 1 heterocycles. The van der Waals surface area contributed by atoms with E-state index in [1.165, 1.54) is 12.5 Å². The maximum Gasteiger partial charge on any atom is 0.167 e. The van der Waals surface area contributed by atoms with Crippen LogP contribution >= 0.6 is 0 Å². The number of rotatable bonds is 5. The van der Waals surface area contributed by atoms with Gasteiger partial charge >= 0.3 is 0 Å². The summed E-state index contributed by atoms with van der Waals surface area (Å²) in [5.41, 5.74) is 6.91. The average molecular weight is 282 g/mol. The van der Waals surface area contributed by atoms with Crippen molar-refractivity contribution in [3.8, 4) is 5.75 Å². The minimum Gasteiger partial charge on any atom is -0.488 e. The molecule has 3 N–H and O–H groups in total. The Bertz CT molecular complexity index is 446. The summed E-state index contributed by atoms with van der Waals surface area (Å²) < 4.78 is 24.8. The number of nitrogens with two attached hydrogens (primary N) is 1. The molecule has 2 rings (SSSR count). The Morgan fingerprint density at radius 1 is 1.45 bits per heavy atom. The van der Waals surface area contributed by atoms with Crippen LogP contribution in [0, 0.1) is 5.82 Å². The first-order chi connectivity index (χ1) is 9.56. The highest BCUT2D eigenvalue weighted by molar-refractivity contribution is 5.68. The van der Waals surface area contributed by atoms with Crippen molar-refractivity contribution in [2.45, 2.75) is 45.3 Å². The van der Waals surface area contributed by atoms with E-state index in [1.807, 2.05) is 13.8 Å². The first-order valence-corrected chi connectivity index (χ1v) is 7.17. The van der Waals surface area contributed by atoms with Crippen LogP contribution < -0.4 is 15.8 Å². The van der Waals surface area contributed by atoms with Gasteiger partial charge in [-0.3, -0.25) is 0 Å². The van der Waals surface area contributed by atoms with Crippen LogP contribution in [0.1, 0.15) is 33.1 Å². The number of ether oxygens (including phenoxy) is 2. The van der Waals surface area contributed by atoms with Crippen LogP contribution in [0.25, 0.3) is 0 Å². The van der Waals surface area contributed by atoms with Gasteiger partial charge in [-0.25, -0.2) is 4.39 Å². The summed E-state index contributed by atoms with van der Waals surface area (Å²) in [5, 5.41) is 3.23. The molecule has 1 aliphatic rings. The summed E-state index contributed by atoms with van der Waals surface area (Å²) in [4.78, 5) is 0. The van der Waals surface area contributed by atoms with Crippen LogP contribution in [-0.4, -0.2) is 25.4 Å². The SMILES string of the molecule is CC(C)Oc1cc(NCC2CCCCO2)c(N)cc1F. The summed E-state index contributed by atoms with van der Waals surface area (Å²) in [5.74, 6) is -0.211. The van der Waals surface area contributed by atoms with Crippen LogP contribution in [0.4, 0.5) is 15.8 Å². The first-order valence-electron chi connectivity index (χ1n) is 7.17. The van der Waals surface area contributed by atoms with Gasteiger partial charge in [-0.2, -0.15) is 0 Å². The number of hydrogen-bond acceptors (Lipinski definition) is 4. The Hall–Kier alpha value is -1.49. The Kier molecular flexibility index (Phi) is 5.06. The standard InChI is InChI=1S/C15H23FN2O2/c1-10(2)20-15-8-14(13(17)7-12(15)16)18-9-11-5-3-4-6-19-11/h7-8,10-11,18H,3-6,9,17H2,1-2H3. The van der Waals surface area contributed by atoms with Crippen LogP contribution in [0.5, 0.6) is 5.75 Å². The van der Waals surface area contributed by atoms with Crippen molar-refractivity contribution in [1.82, 2.24) is 0 Å². The highest BCUT2D eigenvalue weighted by Crippen LogP contribution is 2.29. The van der Waals surface area contributed by atoms with Gasteiger partial charge in [0.25, 0.3) is 0 Å². The summed E-state index contributed by atoms with van der Waals surface area (Å²) >= 11 is 0. The van der Waals surface area contributed by atoms with E-state index in [9.17, 15) is 4.39 Å². The van der Waals surface area contributed by atoms with Crippen LogP contribution in [0.2, 0.25) is 0 Å². The van der Waals surface area contributed by atoms with E-state index in [-0.39, 0.29) is 18.0 Å². The largest absolute Gasteiger partial charge is 0.488 e. The molecule has 0 radical (unpaired) electrons. The molecule has 0 spiro atoms. The number of anilines is 2. The maximum absolute atomic E-state index is 13.7. The predicted octanol–water partition coefficient (Wildman–Crippen LogP) is 3.18. The second-order valence-corrected chi connectivity index (χ2v) is 5.41. The second-order valence-electron chi connectivity index (χ2n) is 5.41. The zero-order chi connectivity index (χ0) is 14.5. The first kappa shape index (κ1) is 14.9. The minimum atomic E-state index is -0.435. The predicted molar refractivity (Wildman–Crippen MR) is 78.7 cm³/mol. The van der Waals surface area contributed by atoms with E-state index >= 15 is 0 Å². The van der Waals surface area contributed by atoms with Gasteiger partial charge in [0.15, 0.2) is 11.6 Å². The second kappa shape index (κ2) is 6.79. The molecule has 0 saturated carbocycles. The van der Waals surface area contributed by atoms with Gasteiger partial charge < -0.3 is 20.5 Å². The van der Waals surface area contributed by atoms with Crippen molar-refractivity contribution in [3.63, 3.8) is 0 Å². The summed E-state index contributed by atoms with van der Waals surface area (Å²) in [7, 11) is 0. The van der Waals surface area contributed by atoms with Crippen LogP contribution in [-0.2, 0) is 4.74 Å². The lowest BCUT2D eigenvalue weighted by molar-refractivity contribution is 0.0247. The molecule has 1 saturated heterocycles. The Morgan fingerprint density at radius 3 is 2.90 bits per heavy atom. The average Bonchev–Trinajstić information content (AvgIpc) is 2.41. The van der Waals surface area contributed by atoms with Gasteiger partial charge in [0.2, 0.25) is 0 Å². The third kappa shape index (κ3) is 4.00. The van der Waals surface area contributed by atoms with Gasteiger partial charge in [0, 0.05) is 25.3 Å². The fourth-order valence-corrected chi connectivity index (χ4v) is 2.26. The third-order valence-corrected chi connectivity index (χ3v) is 3.26. The molecule has 112 valence electrons. The zero-order valence-electron chi connectivity index (χ0n) is 12.1. The van der Waals surface area contributed by atoms with Crippen molar-refractivity contribution >= 4 is 11.4 Å². The lowest BCUT2D eigenvalue weighted by Crippen LogP contribution is -2.27. The zero-order valence-corrected chi connectivity index (χ0v) is 12.1. The van der Waals surface area contributed by atoms with E-state index in [2.05, 4.69) is 5.32 Å². The summed E-state index contributed by atoms with van der Waals surface area (Å²) in [6, 6.07) is 2.91. The van der Waals surface area contributed by atoms with Crippen molar-refractivity contribution < 1.29 is 13.9 Å². The fourth-order valence-electron chi connectivity index (χ4n) is 2.26. The monoisotopic (exact) mass is 282 g/mol. The third-order valence-electron chi connectivity index (χ3n) is 3.26. The molecule has 1 aromatic rings. The van der Waals surface area contributed by atoms with E-state index < -0.39 is 5.82 Å². The Balaban J connectivity index is 2.02. The number of nitrogens with one attached hydrogen (secondary N) is 1. The van der Waals surface area contributed by atoms with Gasteiger partial charge in [-0.15, -0.1) is 0 Å². The number of hydrogen-bond donors (Lipinski definition) is 2. The molecular weight excluding hydrogens is 259 g/mol. The highest BCUT2D eigenvalue weighted by atomic mass is 19.1. The van der Waals surface area contributed by atoms with E-state index in [1.54, 1.807) is 6.07 Å². The molecule has 1 aromatic carbocycles. The molecule has 1 unspecified atom stereocenters. The van der Waals surface area contributed by atoms with Gasteiger partial charge in [0.05, 0.1) is 23.6 Å². The molecule has 4 nitrogen and oxygen atoms in total. The summed E-state index contributed by atoms with van der Waals surface area (Å²) in [6.07, 6.45) is 3.48. The van der Waals surface area contributed by atoms with Crippen molar-refractivity contribution in [2.24, 2.45) is 0 Å². The molecule has 0 bridgehead atoms. The molecule has 0 aromatic heterocycles. The molecule has 0 amide bonds. The van der Waals surface area contributed by atoms with E-state index in [4.69, 9.17) is 15.2 Å². The summed E-state index contributed by atoms with van der Waals surface area (Å²) in [6.45, 7) is 5.21. The minimum absolute atomic E-state index is 0.0809. The van der Waals surface area contributed by atoms with Gasteiger partial charge in [-0.05, 0) is 33.1 Å². The van der Waals surface area contributed by atoms with Crippen LogP contribution in [0.3, 0.4) is 0 Å². The van der Waals surface area contributed by atoms with Gasteiger partial charge in [-0.1, -0.05) is 0 Å². The van der Waals surface area contributed by atoms with Crippen LogP contribution in [0.15, 0.2) is 12.1 Å². The molecule has 1 aliphatic heterocycles.